The third-order valence-electron chi connectivity index (χ3n) is 3.09. The summed E-state index contributed by atoms with van der Waals surface area (Å²) in [7, 11) is 1.68. The number of nitrogens with one attached hydrogen (secondary N) is 1. The molecule has 0 saturated heterocycles. The van der Waals surface area contributed by atoms with Crippen LogP contribution in [0.2, 0.25) is 0 Å². The predicted octanol–water partition coefficient (Wildman–Crippen LogP) is 1.98. The molecule has 0 spiro atoms. The summed E-state index contributed by atoms with van der Waals surface area (Å²) >= 11 is 0. The number of urea groups is 1. The quantitative estimate of drug-likeness (QED) is 0.595. The smallest absolute Gasteiger partial charge is 0.335 e. The van der Waals surface area contributed by atoms with Crippen molar-refractivity contribution in [3.8, 4) is 12.3 Å². The molecule has 5 heteroatoms. The molecule has 1 aromatic carbocycles. The Kier molecular flexibility index (Phi) is 6.82. The summed E-state index contributed by atoms with van der Waals surface area (Å²) in [6, 6.07) is 6.63. The number of amides is 2. The number of carbonyl (C=O) groups is 2. The minimum absolute atomic E-state index is 0.181. The zero-order valence-electron chi connectivity index (χ0n) is 12.1. The van der Waals surface area contributed by atoms with Gasteiger partial charge in [0.2, 0.25) is 0 Å². The topological polar surface area (TPSA) is 69.6 Å². The Bertz CT molecular complexity index is 535. The van der Waals surface area contributed by atoms with Crippen molar-refractivity contribution in [2.24, 2.45) is 0 Å². The van der Waals surface area contributed by atoms with Gasteiger partial charge in [0, 0.05) is 26.6 Å². The van der Waals surface area contributed by atoms with Crippen LogP contribution in [0.3, 0.4) is 0 Å². The molecule has 1 aromatic rings. The first kappa shape index (κ1) is 16.6. The molecule has 0 aliphatic heterocycles. The highest BCUT2D eigenvalue weighted by Gasteiger charge is 2.11. The van der Waals surface area contributed by atoms with E-state index in [1.54, 1.807) is 31.3 Å². The maximum absolute atomic E-state index is 11.8. The summed E-state index contributed by atoms with van der Waals surface area (Å²) in [6.45, 7) is 0.990. The maximum Gasteiger partial charge on any atom is 0.335 e. The van der Waals surface area contributed by atoms with E-state index in [0.717, 1.165) is 12.0 Å². The van der Waals surface area contributed by atoms with Gasteiger partial charge in [-0.15, -0.1) is 12.3 Å². The van der Waals surface area contributed by atoms with E-state index in [1.807, 2.05) is 0 Å². The van der Waals surface area contributed by atoms with Crippen LogP contribution >= 0.6 is 0 Å². The summed E-state index contributed by atoms with van der Waals surface area (Å²) in [4.78, 5) is 24.4. The lowest BCUT2D eigenvalue weighted by atomic mass is 10.0. The number of terminal acetylenes is 1. The second-order valence-electron chi connectivity index (χ2n) is 4.67. The number of carboxylic acid groups (broad SMARTS) is 1. The van der Waals surface area contributed by atoms with Crippen LogP contribution in [0.4, 0.5) is 4.79 Å². The number of unbranched alkanes of at least 4 members (excludes halogenated alkanes) is 1. The van der Waals surface area contributed by atoms with Gasteiger partial charge in [0.1, 0.15) is 0 Å². The fourth-order valence-corrected chi connectivity index (χ4v) is 1.86. The van der Waals surface area contributed by atoms with Gasteiger partial charge in [-0.25, -0.2) is 9.59 Å². The highest BCUT2D eigenvalue weighted by molar-refractivity contribution is 5.89. The van der Waals surface area contributed by atoms with Crippen molar-refractivity contribution in [1.29, 1.82) is 0 Å². The summed E-state index contributed by atoms with van der Waals surface area (Å²) < 4.78 is 0. The Morgan fingerprint density at radius 1 is 1.38 bits per heavy atom. The highest BCUT2D eigenvalue weighted by Crippen LogP contribution is 2.10. The van der Waals surface area contributed by atoms with Gasteiger partial charge >= 0.3 is 12.0 Å². The molecule has 0 bridgehead atoms. The predicted molar refractivity (Wildman–Crippen MR) is 81.2 cm³/mol. The second kappa shape index (κ2) is 8.64. The lowest BCUT2D eigenvalue weighted by Gasteiger charge is -2.18. The molecule has 0 aliphatic rings. The number of aromatic carboxylic acids is 1. The standard InChI is InChI=1S/C16H20N2O3/c1-3-4-7-11-17-16(21)18(2)12-10-13-8-5-6-9-14(13)15(19)20/h1,5-6,8-9H,4,7,10-12H2,2H3,(H,17,21)(H,19,20). The molecular formula is C16H20N2O3. The van der Waals surface area contributed by atoms with E-state index in [0.29, 0.717) is 25.9 Å². The van der Waals surface area contributed by atoms with E-state index in [9.17, 15) is 9.59 Å². The molecule has 21 heavy (non-hydrogen) atoms. The Labute approximate surface area is 125 Å². The lowest BCUT2D eigenvalue weighted by molar-refractivity contribution is 0.0695. The number of likely N-dealkylation sites (N-methyl/N-ethyl adjacent to an activating group) is 1. The summed E-state index contributed by atoms with van der Waals surface area (Å²) in [6.07, 6.45) is 7.01. The van der Waals surface area contributed by atoms with Gasteiger partial charge in [-0.2, -0.15) is 0 Å². The first-order valence-corrected chi connectivity index (χ1v) is 6.80. The summed E-state index contributed by atoms with van der Waals surface area (Å²) in [5.74, 6) is 1.56. The van der Waals surface area contributed by atoms with Gasteiger partial charge in [-0.05, 0) is 24.5 Å². The Morgan fingerprint density at radius 3 is 2.76 bits per heavy atom. The number of hydrogen-bond acceptors (Lipinski definition) is 2. The zero-order chi connectivity index (χ0) is 15.7. The van der Waals surface area contributed by atoms with Crippen LogP contribution in [-0.4, -0.2) is 42.1 Å². The van der Waals surface area contributed by atoms with Crippen LogP contribution in [0.5, 0.6) is 0 Å². The van der Waals surface area contributed by atoms with Crippen molar-refractivity contribution in [1.82, 2.24) is 10.2 Å². The molecule has 0 saturated carbocycles. The number of carboxylic acids is 1. The van der Waals surface area contributed by atoms with Crippen molar-refractivity contribution in [3.63, 3.8) is 0 Å². The number of benzene rings is 1. The largest absolute Gasteiger partial charge is 0.478 e. The molecule has 0 aliphatic carbocycles. The minimum atomic E-state index is -0.952. The van der Waals surface area contributed by atoms with Gasteiger partial charge in [0.15, 0.2) is 0 Å². The minimum Gasteiger partial charge on any atom is -0.478 e. The molecule has 2 amide bonds. The van der Waals surface area contributed by atoms with Crippen LogP contribution in [0.15, 0.2) is 24.3 Å². The fraction of sp³-hybridized carbons (Fsp3) is 0.375. The second-order valence-corrected chi connectivity index (χ2v) is 4.67. The van der Waals surface area contributed by atoms with Gasteiger partial charge in [-0.3, -0.25) is 0 Å². The van der Waals surface area contributed by atoms with Gasteiger partial charge in [0.05, 0.1) is 5.56 Å². The molecule has 1 rings (SSSR count). The SMILES string of the molecule is C#CCCCNC(=O)N(C)CCc1ccccc1C(=O)O. The normalized spacial score (nSPS) is 9.71. The van der Waals surface area contributed by atoms with E-state index < -0.39 is 5.97 Å². The molecule has 0 atom stereocenters. The number of carbonyl (C=O) groups excluding carboxylic acids is 1. The van der Waals surface area contributed by atoms with E-state index >= 15 is 0 Å². The first-order chi connectivity index (χ1) is 10.1. The Balaban J connectivity index is 2.46. The van der Waals surface area contributed by atoms with E-state index in [4.69, 9.17) is 11.5 Å². The number of rotatable bonds is 7. The van der Waals surface area contributed by atoms with Crippen LogP contribution in [-0.2, 0) is 6.42 Å². The third-order valence-corrected chi connectivity index (χ3v) is 3.09. The third kappa shape index (κ3) is 5.57. The lowest BCUT2D eigenvalue weighted by Crippen LogP contribution is -2.38. The molecule has 0 radical (unpaired) electrons. The molecule has 0 fully saturated rings. The summed E-state index contributed by atoms with van der Waals surface area (Å²) in [5.41, 5.74) is 0.998. The molecular weight excluding hydrogens is 268 g/mol. The van der Waals surface area contributed by atoms with Gasteiger partial charge < -0.3 is 15.3 Å². The van der Waals surface area contributed by atoms with E-state index in [1.165, 1.54) is 4.90 Å². The van der Waals surface area contributed by atoms with Gasteiger partial charge in [0.25, 0.3) is 0 Å². The van der Waals surface area contributed by atoms with Crippen molar-refractivity contribution in [3.05, 3.63) is 35.4 Å². The number of nitrogens with zero attached hydrogens (tertiary/aromatic N) is 1. The molecule has 5 nitrogen and oxygen atoms in total. The first-order valence-electron chi connectivity index (χ1n) is 6.80. The van der Waals surface area contributed by atoms with E-state index in [-0.39, 0.29) is 11.6 Å². The van der Waals surface area contributed by atoms with Crippen LogP contribution in [0.1, 0.15) is 28.8 Å². The number of hydrogen-bond donors (Lipinski definition) is 2. The highest BCUT2D eigenvalue weighted by atomic mass is 16.4. The van der Waals surface area contributed by atoms with Crippen molar-refractivity contribution >= 4 is 12.0 Å². The summed E-state index contributed by atoms with van der Waals surface area (Å²) in [5, 5.41) is 11.9. The molecule has 0 aromatic heterocycles. The molecule has 112 valence electrons. The van der Waals surface area contributed by atoms with Gasteiger partial charge in [-0.1, -0.05) is 18.2 Å². The molecule has 0 unspecified atom stereocenters. The monoisotopic (exact) mass is 288 g/mol. The Morgan fingerprint density at radius 2 is 2.10 bits per heavy atom. The van der Waals surface area contributed by atoms with Crippen molar-refractivity contribution in [2.45, 2.75) is 19.3 Å². The average molecular weight is 288 g/mol. The fourth-order valence-electron chi connectivity index (χ4n) is 1.86. The maximum atomic E-state index is 11.8. The van der Waals surface area contributed by atoms with Crippen LogP contribution < -0.4 is 5.32 Å². The van der Waals surface area contributed by atoms with Crippen LogP contribution in [0, 0.1) is 12.3 Å². The molecule has 2 N–H and O–H groups in total. The molecule has 0 heterocycles. The van der Waals surface area contributed by atoms with E-state index in [2.05, 4.69) is 11.2 Å². The Hall–Kier alpha value is -2.48. The van der Waals surface area contributed by atoms with Crippen LogP contribution in [0.25, 0.3) is 0 Å². The van der Waals surface area contributed by atoms with Crippen molar-refractivity contribution < 1.29 is 14.7 Å². The average Bonchev–Trinajstić information content (AvgIpc) is 2.49. The zero-order valence-corrected chi connectivity index (χ0v) is 12.1. The van der Waals surface area contributed by atoms with Crippen molar-refractivity contribution in [2.75, 3.05) is 20.1 Å².